The number of Topliss-reactive ketones (excluding diaryl/α,β-unsaturated/α-hetero) is 1. The number of carbonyl (C=O) groups is 1. The molecule has 0 radical (unpaired) electrons. The van der Waals surface area contributed by atoms with Crippen LogP contribution in [-0.2, 0) is 4.79 Å². The molecule has 76 valence electrons. The lowest BCUT2D eigenvalue weighted by Crippen LogP contribution is -2.45. The summed E-state index contributed by atoms with van der Waals surface area (Å²) < 4.78 is 0. The van der Waals surface area contributed by atoms with E-state index in [0.29, 0.717) is 17.1 Å². The van der Waals surface area contributed by atoms with Crippen molar-refractivity contribution in [1.29, 1.82) is 0 Å². The standard InChI is InChI=1S/C13H18O/c14-12(10-4-1-2-5-10)11-8-13(9-11)6-3-7-13/h4,11H,1-3,5-9H2. The van der Waals surface area contributed by atoms with Crippen molar-refractivity contribution in [2.24, 2.45) is 11.3 Å². The molecule has 0 N–H and O–H groups in total. The van der Waals surface area contributed by atoms with Gasteiger partial charge in [0.25, 0.3) is 0 Å². The maximum atomic E-state index is 12.0. The minimum atomic E-state index is 0.416. The van der Waals surface area contributed by atoms with Gasteiger partial charge in [-0.05, 0) is 55.9 Å². The number of ketones is 1. The van der Waals surface area contributed by atoms with E-state index in [-0.39, 0.29) is 0 Å². The lowest BCUT2D eigenvalue weighted by molar-refractivity contribution is -0.130. The molecule has 0 aromatic carbocycles. The van der Waals surface area contributed by atoms with Crippen LogP contribution in [0, 0.1) is 11.3 Å². The van der Waals surface area contributed by atoms with Crippen LogP contribution in [0.4, 0.5) is 0 Å². The first kappa shape index (κ1) is 8.70. The summed E-state index contributed by atoms with van der Waals surface area (Å²) in [6.07, 6.45) is 12.2. The third-order valence-electron chi connectivity index (χ3n) is 4.50. The molecule has 14 heavy (non-hydrogen) atoms. The molecule has 0 unspecified atom stereocenters. The third kappa shape index (κ3) is 1.18. The maximum Gasteiger partial charge on any atom is 0.161 e. The lowest BCUT2D eigenvalue weighted by Gasteiger charge is -2.53. The Morgan fingerprint density at radius 1 is 1.29 bits per heavy atom. The minimum absolute atomic E-state index is 0.416. The topological polar surface area (TPSA) is 17.1 Å². The van der Waals surface area contributed by atoms with Crippen LogP contribution in [0.1, 0.15) is 51.4 Å². The van der Waals surface area contributed by atoms with Crippen molar-refractivity contribution in [1.82, 2.24) is 0 Å². The molecule has 3 aliphatic rings. The summed E-state index contributed by atoms with van der Waals surface area (Å²) in [5.41, 5.74) is 1.81. The summed E-state index contributed by atoms with van der Waals surface area (Å²) in [6, 6.07) is 0. The number of rotatable bonds is 2. The molecule has 0 aromatic rings. The molecule has 0 aliphatic heterocycles. The molecule has 1 spiro atoms. The second kappa shape index (κ2) is 2.95. The van der Waals surface area contributed by atoms with Crippen LogP contribution < -0.4 is 0 Å². The zero-order chi connectivity index (χ0) is 9.60. The van der Waals surface area contributed by atoms with Gasteiger partial charge in [-0.2, -0.15) is 0 Å². The zero-order valence-corrected chi connectivity index (χ0v) is 8.72. The van der Waals surface area contributed by atoms with Gasteiger partial charge in [0.15, 0.2) is 5.78 Å². The fourth-order valence-corrected chi connectivity index (χ4v) is 3.41. The van der Waals surface area contributed by atoms with E-state index in [9.17, 15) is 4.79 Å². The summed E-state index contributed by atoms with van der Waals surface area (Å²) >= 11 is 0. The molecule has 0 aromatic heterocycles. The van der Waals surface area contributed by atoms with Crippen molar-refractivity contribution in [2.45, 2.75) is 51.4 Å². The number of carbonyl (C=O) groups excluding carboxylic acids is 1. The van der Waals surface area contributed by atoms with Crippen molar-refractivity contribution >= 4 is 5.78 Å². The van der Waals surface area contributed by atoms with Gasteiger partial charge in [0.1, 0.15) is 0 Å². The SMILES string of the molecule is O=C(C1=CCCC1)C1CC2(CCC2)C1. The van der Waals surface area contributed by atoms with E-state index in [1.165, 1.54) is 38.5 Å². The smallest absolute Gasteiger partial charge is 0.161 e. The molecular weight excluding hydrogens is 172 g/mol. The highest BCUT2D eigenvalue weighted by Gasteiger charge is 2.50. The average molecular weight is 190 g/mol. The van der Waals surface area contributed by atoms with Gasteiger partial charge in [0.2, 0.25) is 0 Å². The zero-order valence-electron chi connectivity index (χ0n) is 8.72. The van der Waals surface area contributed by atoms with Crippen LogP contribution in [0.15, 0.2) is 11.6 Å². The molecule has 0 amide bonds. The Bertz CT molecular complexity index is 288. The van der Waals surface area contributed by atoms with E-state index in [0.717, 1.165) is 18.4 Å². The van der Waals surface area contributed by atoms with E-state index in [1.54, 1.807) is 0 Å². The van der Waals surface area contributed by atoms with Crippen molar-refractivity contribution in [3.05, 3.63) is 11.6 Å². The lowest BCUT2D eigenvalue weighted by atomic mass is 9.51. The van der Waals surface area contributed by atoms with Gasteiger partial charge in [-0.25, -0.2) is 0 Å². The molecule has 3 aliphatic carbocycles. The highest BCUT2D eigenvalue weighted by Crippen LogP contribution is 2.59. The Morgan fingerprint density at radius 3 is 2.57 bits per heavy atom. The summed E-state index contributed by atoms with van der Waals surface area (Å²) in [4.78, 5) is 12.0. The number of hydrogen-bond acceptors (Lipinski definition) is 1. The Labute approximate surface area is 85.6 Å². The Balaban J connectivity index is 1.60. The fourth-order valence-electron chi connectivity index (χ4n) is 3.41. The summed E-state index contributed by atoms with van der Waals surface area (Å²) in [5, 5.41) is 0. The molecule has 1 nitrogen and oxygen atoms in total. The molecule has 1 heteroatoms. The summed E-state index contributed by atoms with van der Waals surface area (Å²) in [5.74, 6) is 0.916. The normalized spacial score (nSPS) is 29.6. The van der Waals surface area contributed by atoms with Gasteiger partial charge in [-0.1, -0.05) is 12.5 Å². The van der Waals surface area contributed by atoms with E-state index < -0.39 is 0 Å². The molecular formula is C13H18O. The van der Waals surface area contributed by atoms with Crippen LogP contribution in [0.5, 0.6) is 0 Å². The second-order valence-electron chi connectivity index (χ2n) is 5.44. The predicted octanol–water partition coefficient (Wildman–Crippen LogP) is 3.25. The molecule has 0 saturated heterocycles. The van der Waals surface area contributed by atoms with Crippen molar-refractivity contribution in [3.8, 4) is 0 Å². The molecule has 2 fully saturated rings. The predicted molar refractivity (Wildman–Crippen MR) is 55.9 cm³/mol. The third-order valence-corrected chi connectivity index (χ3v) is 4.50. The van der Waals surface area contributed by atoms with Gasteiger partial charge >= 0.3 is 0 Å². The summed E-state index contributed by atoms with van der Waals surface area (Å²) in [7, 11) is 0. The summed E-state index contributed by atoms with van der Waals surface area (Å²) in [6.45, 7) is 0. The molecule has 0 atom stereocenters. The van der Waals surface area contributed by atoms with E-state index in [1.807, 2.05) is 0 Å². The van der Waals surface area contributed by atoms with Crippen LogP contribution in [-0.4, -0.2) is 5.78 Å². The highest BCUT2D eigenvalue weighted by molar-refractivity contribution is 5.98. The van der Waals surface area contributed by atoms with Crippen molar-refractivity contribution in [3.63, 3.8) is 0 Å². The molecule has 0 bridgehead atoms. The van der Waals surface area contributed by atoms with Crippen molar-refractivity contribution in [2.75, 3.05) is 0 Å². The number of hydrogen-bond donors (Lipinski definition) is 0. The van der Waals surface area contributed by atoms with Crippen LogP contribution in [0.3, 0.4) is 0 Å². The number of allylic oxidation sites excluding steroid dienone is 2. The van der Waals surface area contributed by atoms with E-state index in [4.69, 9.17) is 0 Å². The van der Waals surface area contributed by atoms with Crippen LogP contribution >= 0.6 is 0 Å². The van der Waals surface area contributed by atoms with Crippen molar-refractivity contribution < 1.29 is 4.79 Å². The van der Waals surface area contributed by atoms with Gasteiger partial charge in [-0.15, -0.1) is 0 Å². The molecule has 3 rings (SSSR count). The van der Waals surface area contributed by atoms with E-state index >= 15 is 0 Å². The molecule has 2 saturated carbocycles. The van der Waals surface area contributed by atoms with Crippen LogP contribution in [0.2, 0.25) is 0 Å². The Kier molecular flexibility index (Phi) is 1.83. The van der Waals surface area contributed by atoms with E-state index in [2.05, 4.69) is 6.08 Å². The monoisotopic (exact) mass is 190 g/mol. The minimum Gasteiger partial charge on any atom is -0.294 e. The average Bonchev–Trinajstić information content (AvgIpc) is 2.49. The van der Waals surface area contributed by atoms with Crippen LogP contribution in [0.25, 0.3) is 0 Å². The molecule has 0 heterocycles. The maximum absolute atomic E-state index is 12.0. The quantitative estimate of drug-likeness (QED) is 0.653. The first-order chi connectivity index (χ1) is 6.79. The largest absolute Gasteiger partial charge is 0.294 e. The highest BCUT2D eigenvalue weighted by atomic mass is 16.1. The van der Waals surface area contributed by atoms with Gasteiger partial charge in [-0.3, -0.25) is 4.79 Å². The van der Waals surface area contributed by atoms with Gasteiger partial charge in [0.05, 0.1) is 0 Å². The Hall–Kier alpha value is -0.590. The van der Waals surface area contributed by atoms with Gasteiger partial charge in [0, 0.05) is 5.92 Å². The first-order valence-corrected chi connectivity index (χ1v) is 6.02. The fraction of sp³-hybridized carbons (Fsp3) is 0.769. The first-order valence-electron chi connectivity index (χ1n) is 6.02. The Morgan fingerprint density at radius 2 is 2.07 bits per heavy atom. The second-order valence-corrected chi connectivity index (χ2v) is 5.44. The van der Waals surface area contributed by atoms with Gasteiger partial charge < -0.3 is 0 Å².